The number of amides is 1. The number of rotatable bonds is 9. The maximum atomic E-state index is 12.3. The molecule has 1 N–H and O–H groups in total. The number of furan rings is 1. The molecule has 6 nitrogen and oxygen atoms in total. The summed E-state index contributed by atoms with van der Waals surface area (Å²) in [6, 6.07) is 19.6. The zero-order chi connectivity index (χ0) is 22.2. The van der Waals surface area contributed by atoms with Crippen LogP contribution in [-0.2, 0) is 9.53 Å². The first-order chi connectivity index (χ1) is 15.0. The van der Waals surface area contributed by atoms with E-state index in [9.17, 15) is 14.4 Å². The number of hydrogen-bond donors (Lipinski definition) is 1. The first-order valence-electron chi connectivity index (χ1n) is 10.2. The standard InChI is InChI=1S/C25H25NO5/c1-3-7-21(19-8-5-4-6-9-19)26-24(28)16-30-25(29)23-15-14-22(31-23)20-12-10-18(11-13-20)17(2)27/h4-6,8-15,21H,3,7,16H2,1-2H3,(H,26,28)/t21-/m1/s1. The van der Waals surface area contributed by atoms with Crippen molar-refractivity contribution >= 4 is 17.7 Å². The van der Waals surface area contributed by atoms with Crippen molar-refractivity contribution in [1.29, 1.82) is 0 Å². The molecule has 31 heavy (non-hydrogen) atoms. The van der Waals surface area contributed by atoms with Crippen LogP contribution in [0.4, 0.5) is 0 Å². The fourth-order valence-electron chi connectivity index (χ4n) is 3.21. The van der Waals surface area contributed by atoms with Crippen LogP contribution in [-0.4, -0.2) is 24.3 Å². The molecule has 1 aromatic heterocycles. The lowest BCUT2D eigenvalue weighted by Crippen LogP contribution is -2.32. The number of Topliss-reactive ketones (excluding diaryl/α,β-unsaturated/α-hetero) is 1. The van der Waals surface area contributed by atoms with Gasteiger partial charge in [-0.05, 0) is 31.0 Å². The van der Waals surface area contributed by atoms with Crippen LogP contribution in [0.3, 0.4) is 0 Å². The fraction of sp³-hybridized carbons (Fsp3) is 0.240. The number of ketones is 1. The molecule has 0 aliphatic carbocycles. The van der Waals surface area contributed by atoms with Gasteiger partial charge in [-0.2, -0.15) is 0 Å². The molecular formula is C25H25NO5. The highest BCUT2D eigenvalue weighted by atomic mass is 16.5. The summed E-state index contributed by atoms with van der Waals surface area (Å²) in [6.07, 6.45) is 1.69. The van der Waals surface area contributed by atoms with Crippen molar-refractivity contribution in [3.8, 4) is 11.3 Å². The van der Waals surface area contributed by atoms with E-state index in [4.69, 9.17) is 9.15 Å². The van der Waals surface area contributed by atoms with E-state index < -0.39 is 12.6 Å². The fourth-order valence-corrected chi connectivity index (χ4v) is 3.21. The van der Waals surface area contributed by atoms with Gasteiger partial charge in [0.05, 0.1) is 6.04 Å². The Bertz CT molecular complexity index is 1040. The first kappa shape index (κ1) is 22.0. The summed E-state index contributed by atoms with van der Waals surface area (Å²) < 4.78 is 10.7. The first-order valence-corrected chi connectivity index (χ1v) is 10.2. The average molecular weight is 419 g/mol. The van der Waals surface area contributed by atoms with Gasteiger partial charge in [0.2, 0.25) is 5.76 Å². The second-order valence-electron chi connectivity index (χ2n) is 7.19. The van der Waals surface area contributed by atoms with Crippen LogP contribution in [0.5, 0.6) is 0 Å². The molecule has 1 heterocycles. The number of benzene rings is 2. The second kappa shape index (κ2) is 10.4. The number of hydrogen-bond acceptors (Lipinski definition) is 5. The van der Waals surface area contributed by atoms with Gasteiger partial charge in [0.25, 0.3) is 5.91 Å². The van der Waals surface area contributed by atoms with Gasteiger partial charge in [-0.15, -0.1) is 0 Å². The van der Waals surface area contributed by atoms with Crippen LogP contribution in [0.1, 0.15) is 59.2 Å². The highest BCUT2D eigenvalue weighted by Gasteiger charge is 2.18. The third-order valence-corrected chi connectivity index (χ3v) is 4.83. The summed E-state index contributed by atoms with van der Waals surface area (Å²) in [5.74, 6) is -0.636. The topological polar surface area (TPSA) is 85.6 Å². The summed E-state index contributed by atoms with van der Waals surface area (Å²) >= 11 is 0. The van der Waals surface area contributed by atoms with E-state index in [1.54, 1.807) is 30.3 Å². The zero-order valence-electron chi connectivity index (χ0n) is 17.6. The van der Waals surface area contributed by atoms with Crippen LogP contribution in [0, 0.1) is 0 Å². The molecule has 2 aromatic carbocycles. The summed E-state index contributed by atoms with van der Waals surface area (Å²) in [6.45, 7) is 3.15. The molecule has 0 fully saturated rings. The summed E-state index contributed by atoms with van der Waals surface area (Å²) in [5, 5.41) is 2.91. The van der Waals surface area contributed by atoms with E-state index in [2.05, 4.69) is 5.32 Å². The molecule has 160 valence electrons. The summed E-state index contributed by atoms with van der Waals surface area (Å²) in [5.41, 5.74) is 2.33. The third kappa shape index (κ3) is 5.92. The Morgan fingerprint density at radius 3 is 2.32 bits per heavy atom. The van der Waals surface area contributed by atoms with E-state index in [0.717, 1.165) is 24.0 Å². The van der Waals surface area contributed by atoms with Crippen molar-refractivity contribution in [1.82, 2.24) is 5.32 Å². The largest absolute Gasteiger partial charge is 0.450 e. The van der Waals surface area contributed by atoms with Crippen LogP contribution in [0.2, 0.25) is 0 Å². The van der Waals surface area contributed by atoms with Crippen LogP contribution < -0.4 is 5.32 Å². The Balaban J connectivity index is 1.57. The van der Waals surface area contributed by atoms with Gasteiger partial charge >= 0.3 is 5.97 Å². The van der Waals surface area contributed by atoms with Crippen LogP contribution in [0.15, 0.2) is 71.1 Å². The highest BCUT2D eigenvalue weighted by Crippen LogP contribution is 2.23. The highest BCUT2D eigenvalue weighted by molar-refractivity contribution is 5.94. The van der Waals surface area contributed by atoms with Crippen molar-refractivity contribution in [3.05, 3.63) is 83.6 Å². The smallest absolute Gasteiger partial charge is 0.374 e. The number of carbonyl (C=O) groups excluding carboxylic acids is 3. The maximum Gasteiger partial charge on any atom is 0.374 e. The Morgan fingerprint density at radius 1 is 0.968 bits per heavy atom. The molecule has 0 radical (unpaired) electrons. The zero-order valence-corrected chi connectivity index (χ0v) is 17.6. The van der Waals surface area contributed by atoms with Gasteiger partial charge in [0.15, 0.2) is 12.4 Å². The van der Waals surface area contributed by atoms with Crippen molar-refractivity contribution in [3.63, 3.8) is 0 Å². The van der Waals surface area contributed by atoms with Gasteiger partial charge in [-0.3, -0.25) is 9.59 Å². The van der Waals surface area contributed by atoms with Crippen molar-refractivity contribution < 1.29 is 23.5 Å². The van der Waals surface area contributed by atoms with E-state index in [1.165, 1.54) is 13.0 Å². The molecule has 1 amide bonds. The summed E-state index contributed by atoms with van der Waals surface area (Å²) in [4.78, 5) is 36.0. The van der Waals surface area contributed by atoms with E-state index >= 15 is 0 Å². The molecule has 0 bridgehead atoms. The maximum absolute atomic E-state index is 12.3. The molecule has 0 unspecified atom stereocenters. The molecule has 3 aromatic rings. The number of carbonyl (C=O) groups is 3. The van der Waals surface area contributed by atoms with Gasteiger partial charge in [0, 0.05) is 11.1 Å². The Kier molecular flexibility index (Phi) is 7.38. The molecule has 0 aliphatic rings. The minimum Gasteiger partial charge on any atom is -0.450 e. The SMILES string of the molecule is CCC[C@@H](NC(=O)COC(=O)c1ccc(-c2ccc(C(C)=O)cc2)o1)c1ccccc1. The number of nitrogens with one attached hydrogen (secondary N) is 1. The van der Waals surface area contributed by atoms with Gasteiger partial charge < -0.3 is 14.5 Å². The Labute approximate surface area is 181 Å². The van der Waals surface area contributed by atoms with Gasteiger partial charge in [-0.25, -0.2) is 4.79 Å². The quantitative estimate of drug-likeness (QED) is 0.391. The molecular weight excluding hydrogens is 394 g/mol. The molecule has 0 spiro atoms. The van der Waals surface area contributed by atoms with Crippen molar-refractivity contribution in [2.45, 2.75) is 32.7 Å². The third-order valence-electron chi connectivity index (χ3n) is 4.83. The lowest BCUT2D eigenvalue weighted by Gasteiger charge is -2.18. The van der Waals surface area contributed by atoms with E-state index in [0.29, 0.717) is 11.3 Å². The molecule has 0 aliphatic heterocycles. The number of esters is 1. The van der Waals surface area contributed by atoms with Crippen LogP contribution >= 0.6 is 0 Å². The number of ether oxygens (including phenoxy) is 1. The monoisotopic (exact) mass is 419 g/mol. The minimum atomic E-state index is -0.714. The average Bonchev–Trinajstić information content (AvgIpc) is 3.28. The lowest BCUT2D eigenvalue weighted by molar-refractivity contribution is -0.125. The minimum absolute atomic E-state index is 0.00612. The van der Waals surface area contributed by atoms with Crippen LogP contribution in [0.25, 0.3) is 11.3 Å². The van der Waals surface area contributed by atoms with Gasteiger partial charge in [0.1, 0.15) is 5.76 Å². The molecule has 0 saturated carbocycles. The van der Waals surface area contributed by atoms with E-state index in [-0.39, 0.29) is 23.5 Å². The van der Waals surface area contributed by atoms with Gasteiger partial charge in [-0.1, -0.05) is 67.9 Å². The van der Waals surface area contributed by atoms with E-state index in [1.807, 2.05) is 37.3 Å². The predicted octanol–water partition coefficient (Wildman–Crippen LogP) is 4.96. The molecule has 6 heteroatoms. The molecule has 0 saturated heterocycles. The molecule has 1 atom stereocenters. The Morgan fingerprint density at radius 2 is 1.68 bits per heavy atom. The predicted molar refractivity (Wildman–Crippen MR) is 117 cm³/mol. The van der Waals surface area contributed by atoms with Crippen molar-refractivity contribution in [2.75, 3.05) is 6.61 Å². The summed E-state index contributed by atoms with van der Waals surface area (Å²) in [7, 11) is 0. The van der Waals surface area contributed by atoms with Crippen molar-refractivity contribution in [2.24, 2.45) is 0 Å². The molecule has 3 rings (SSSR count). The normalized spacial score (nSPS) is 11.5. The Hall–Kier alpha value is -3.67. The lowest BCUT2D eigenvalue weighted by atomic mass is 10.0. The second-order valence-corrected chi connectivity index (χ2v) is 7.19.